The number of carboxylic acids is 1. The van der Waals surface area contributed by atoms with Gasteiger partial charge in [0.25, 0.3) is 5.91 Å². The fourth-order valence-corrected chi connectivity index (χ4v) is 2.16. The van der Waals surface area contributed by atoms with Gasteiger partial charge in [-0.25, -0.2) is 0 Å². The Labute approximate surface area is 115 Å². The molecule has 2 aromatic rings. The van der Waals surface area contributed by atoms with Crippen molar-refractivity contribution in [2.75, 3.05) is 18.0 Å². The van der Waals surface area contributed by atoms with Crippen molar-refractivity contribution in [1.82, 2.24) is 4.98 Å². The monoisotopic (exact) mass is 273 g/mol. The zero-order chi connectivity index (χ0) is 14.7. The molecule has 0 radical (unpaired) electrons. The number of amides is 1. The molecule has 0 aliphatic heterocycles. The summed E-state index contributed by atoms with van der Waals surface area (Å²) in [6.07, 6.45) is 1.39. The fraction of sp³-hybridized carbons (Fsp3) is 0.214. The Kier molecular flexibility index (Phi) is 3.84. The van der Waals surface area contributed by atoms with E-state index in [1.807, 2.05) is 19.1 Å². The first kappa shape index (κ1) is 13.8. The number of para-hydroxylation sites is 1. The lowest BCUT2D eigenvalue weighted by molar-refractivity contribution is -0.135. The molecular weight excluding hydrogens is 258 g/mol. The highest BCUT2D eigenvalue weighted by atomic mass is 16.4. The minimum atomic E-state index is -0.969. The zero-order valence-corrected chi connectivity index (χ0v) is 11.0. The summed E-state index contributed by atoms with van der Waals surface area (Å²) in [6.45, 7) is 2.06. The molecule has 6 heteroatoms. The molecule has 1 heterocycles. The second-order valence-corrected chi connectivity index (χ2v) is 4.31. The normalized spacial score (nSPS) is 10.4. The Morgan fingerprint density at radius 1 is 1.35 bits per heavy atom. The molecule has 0 unspecified atom stereocenters. The van der Waals surface area contributed by atoms with Crippen molar-refractivity contribution in [3.05, 3.63) is 36.0 Å². The highest BCUT2D eigenvalue weighted by molar-refractivity contribution is 6.07. The largest absolute Gasteiger partial charge is 0.480 e. The highest BCUT2D eigenvalue weighted by Gasteiger charge is 2.19. The van der Waals surface area contributed by atoms with Gasteiger partial charge < -0.3 is 15.7 Å². The molecule has 0 aliphatic carbocycles. The number of fused-ring (bicyclic) bond motifs is 1. The molecule has 1 aromatic carbocycles. The van der Waals surface area contributed by atoms with Crippen LogP contribution in [-0.4, -0.2) is 35.1 Å². The van der Waals surface area contributed by atoms with E-state index in [9.17, 15) is 9.59 Å². The molecule has 0 saturated carbocycles. The average molecular weight is 273 g/mol. The van der Waals surface area contributed by atoms with Crippen molar-refractivity contribution in [2.45, 2.75) is 6.92 Å². The van der Waals surface area contributed by atoms with Crippen molar-refractivity contribution >= 4 is 28.5 Å². The zero-order valence-electron chi connectivity index (χ0n) is 11.0. The third kappa shape index (κ3) is 2.54. The molecule has 2 rings (SSSR count). The van der Waals surface area contributed by atoms with Crippen molar-refractivity contribution in [1.29, 1.82) is 0 Å². The van der Waals surface area contributed by atoms with E-state index in [2.05, 4.69) is 4.98 Å². The number of aromatic nitrogens is 1. The van der Waals surface area contributed by atoms with Crippen LogP contribution in [0.15, 0.2) is 30.5 Å². The second kappa shape index (κ2) is 5.56. The summed E-state index contributed by atoms with van der Waals surface area (Å²) in [5.74, 6) is -1.59. The molecule has 1 aromatic heterocycles. The molecule has 3 N–H and O–H groups in total. The lowest BCUT2D eigenvalue weighted by atomic mass is 10.1. The van der Waals surface area contributed by atoms with Crippen LogP contribution in [0, 0.1) is 0 Å². The first-order valence-electron chi connectivity index (χ1n) is 6.19. The average Bonchev–Trinajstić information content (AvgIpc) is 2.43. The Hall–Kier alpha value is -2.63. The number of likely N-dealkylation sites (N-methyl/N-ethyl adjacent to an activating group) is 1. The molecule has 0 atom stereocenters. The first-order valence-corrected chi connectivity index (χ1v) is 6.19. The number of primary amides is 1. The number of nitrogens with zero attached hydrogens (tertiary/aromatic N) is 2. The van der Waals surface area contributed by atoms with Crippen LogP contribution in [0.5, 0.6) is 0 Å². The van der Waals surface area contributed by atoms with Gasteiger partial charge in [0.05, 0.1) is 16.8 Å². The van der Waals surface area contributed by atoms with Crippen molar-refractivity contribution in [3.8, 4) is 0 Å². The third-order valence-electron chi connectivity index (χ3n) is 3.04. The number of hydrogen-bond acceptors (Lipinski definition) is 4. The standard InChI is InChI=1S/C14H15N3O3/c1-2-17(8-12(18)19)13-9-5-3-4-6-11(9)16-7-10(13)14(15)20/h3-7H,2,8H2,1H3,(H2,15,20)(H,18,19). The molecule has 104 valence electrons. The molecule has 0 aliphatic rings. The summed E-state index contributed by atoms with van der Waals surface area (Å²) >= 11 is 0. The van der Waals surface area contributed by atoms with Crippen LogP contribution in [0.4, 0.5) is 5.69 Å². The van der Waals surface area contributed by atoms with Crippen molar-refractivity contribution < 1.29 is 14.7 Å². The van der Waals surface area contributed by atoms with Gasteiger partial charge in [0, 0.05) is 18.1 Å². The van der Waals surface area contributed by atoms with Crippen LogP contribution in [-0.2, 0) is 4.79 Å². The van der Waals surface area contributed by atoms with Crippen LogP contribution in [0.2, 0.25) is 0 Å². The topological polar surface area (TPSA) is 96.5 Å². The molecule has 0 spiro atoms. The van der Waals surface area contributed by atoms with Crippen molar-refractivity contribution in [2.24, 2.45) is 5.73 Å². The molecule has 0 bridgehead atoms. The van der Waals surface area contributed by atoms with Gasteiger partial charge in [-0.15, -0.1) is 0 Å². The van der Waals surface area contributed by atoms with Crippen LogP contribution in [0.3, 0.4) is 0 Å². The number of anilines is 1. The van der Waals surface area contributed by atoms with E-state index in [1.54, 1.807) is 17.0 Å². The predicted octanol–water partition coefficient (Wildman–Crippen LogP) is 1.24. The number of pyridine rings is 1. The second-order valence-electron chi connectivity index (χ2n) is 4.31. The molecule has 0 saturated heterocycles. The Bertz CT molecular complexity index is 670. The van der Waals surface area contributed by atoms with E-state index in [-0.39, 0.29) is 12.1 Å². The number of benzene rings is 1. The van der Waals surface area contributed by atoms with E-state index in [0.717, 1.165) is 0 Å². The first-order chi connectivity index (χ1) is 9.54. The third-order valence-corrected chi connectivity index (χ3v) is 3.04. The SMILES string of the molecule is CCN(CC(=O)O)c1c(C(N)=O)cnc2ccccc12. The molecule has 1 amide bonds. The van der Waals surface area contributed by atoms with Gasteiger partial charge in [0.15, 0.2) is 0 Å². The van der Waals surface area contributed by atoms with E-state index in [0.29, 0.717) is 23.1 Å². The summed E-state index contributed by atoms with van der Waals surface area (Å²) in [6, 6.07) is 7.25. The number of carbonyl (C=O) groups is 2. The maximum atomic E-state index is 11.6. The van der Waals surface area contributed by atoms with Gasteiger partial charge in [0.2, 0.25) is 0 Å². The number of hydrogen-bond donors (Lipinski definition) is 2. The lowest BCUT2D eigenvalue weighted by Gasteiger charge is -2.24. The van der Waals surface area contributed by atoms with Crippen LogP contribution < -0.4 is 10.6 Å². The Morgan fingerprint density at radius 2 is 2.05 bits per heavy atom. The van der Waals surface area contributed by atoms with Gasteiger partial charge in [-0.2, -0.15) is 0 Å². The van der Waals surface area contributed by atoms with E-state index in [4.69, 9.17) is 10.8 Å². The fourth-order valence-electron chi connectivity index (χ4n) is 2.16. The van der Waals surface area contributed by atoms with E-state index < -0.39 is 11.9 Å². The van der Waals surface area contributed by atoms with Crippen LogP contribution in [0.1, 0.15) is 17.3 Å². The quantitative estimate of drug-likeness (QED) is 0.854. The molecule has 0 fully saturated rings. The summed E-state index contributed by atoms with van der Waals surface area (Å²) in [4.78, 5) is 28.4. The number of aliphatic carboxylic acids is 1. The minimum Gasteiger partial charge on any atom is -0.480 e. The summed E-state index contributed by atoms with van der Waals surface area (Å²) in [7, 11) is 0. The van der Waals surface area contributed by atoms with Gasteiger partial charge in [-0.05, 0) is 13.0 Å². The Balaban J connectivity index is 2.71. The van der Waals surface area contributed by atoms with Gasteiger partial charge >= 0.3 is 5.97 Å². The minimum absolute atomic E-state index is 0.204. The van der Waals surface area contributed by atoms with Crippen molar-refractivity contribution in [3.63, 3.8) is 0 Å². The van der Waals surface area contributed by atoms with Gasteiger partial charge in [-0.1, -0.05) is 18.2 Å². The van der Waals surface area contributed by atoms with Crippen LogP contribution >= 0.6 is 0 Å². The molecule has 6 nitrogen and oxygen atoms in total. The number of rotatable bonds is 5. The van der Waals surface area contributed by atoms with E-state index >= 15 is 0 Å². The summed E-state index contributed by atoms with van der Waals surface area (Å²) in [5, 5.41) is 9.72. The smallest absolute Gasteiger partial charge is 0.323 e. The summed E-state index contributed by atoms with van der Waals surface area (Å²) < 4.78 is 0. The maximum absolute atomic E-state index is 11.6. The molecular formula is C14H15N3O3. The van der Waals surface area contributed by atoms with Crippen LogP contribution in [0.25, 0.3) is 10.9 Å². The van der Waals surface area contributed by atoms with Gasteiger partial charge in [0.1, 0.15) is 6.54 Å². The number of carboxylic acid groups (broad SMARTS) is 1. The summed E-state index contributed by atoms with van der Waals surface area (Å²) in [5.41, 5.74) is 6.82. The number of carbonyl (C=O) groups excluding carboxylic acids is 1. The lowest BCUT2D eigenvalue weighted by Crippen LogP contribution is -2.31. The highest BCUT2D eigenvalue weighted by Crippen LogP contribution is 2.29. The van der Waals surface area contributed by atoms with Gasteiger partial charge in [-0.3, -0.25) is 14.6 Å². The number of nitrogens with two attached hydrogens (primary N) is 1. The van der Waals surface area contributed by atoms with E-state index in [1.165, 1.54) is 6.20 Å². The predicted molar refractivity (Wildman–Crippen MR) is 75.8 cm³/mol. The Morgan fingerprint density at radius 3 is 2.65 bits per heavy atom. The molecule has 20 heavy (non-hydrogen) atoms. The maximum Gasteiger partial charge on any atom is 0.323 e.